The van der Waals surface area contributed by atoms with Crippen LogP contribution in [0.2, 0.25) is 0 Å². The topological polar surface area (TPSA) is 68.0 Å². The zero-order chi connectivity index (χ0) is 12.3. The van der Waals surface area contributed by atoms with Crippen LogP contribution in [0.4, 0.5) is 11.5 Å². The fourth-order valence-corrected chi connectivity index (χ4v) is 2.18. The second-order valence-electron chi connectivity index (χ2n) is 3.67. The lowest BCUT2D eigenvalue weighted by atomic mass is 10.2. The first kappa shape index (κ1) is 11.6. The van der Waals surface area contributed by atoms with E-state index in [2.05, 4.69) is 10.3 Å². The van der Waals surface area contributed by atoms with Gasteiger partial charge in [-0.2, -0.15) is 0 Å². The lowest BCUT2D eigenvalue weighted by Crippen LogP contribution is -2.15. The molecule has 0 saturated heterocycles. The van der Waals surface area contributed by atoms with Crippen molar-refractivity contribution in [3.63, 3.8) is 0 Å². The van der Waals surface area contributed by atoms with Gasteiger partial charge in [0.2, 0.25) is 5.91 Å². The summed E-state index contributed by atoms with van der Waals surface area (Å²) in [5.41, 5.74) is 6.98. The molecule has 0 atom stereocenters. The molecule has 3 N–H and O–H groups in total. The van der Waals surface area contributed by atoms with Crippen molar-refractivity contribution in [2.75, 3.05) is 11.1 Å². The molecule has 0 fully saturated rings. The number of carbonyl (C=O) groups excluding carboxylic acids is 1. The van der Waals surface area contributed by atoms with E-state index < -0.39 is 0 Å². The van der Waals surface area contributed by atoms with Crippen LogP contribution in [-0.2, 0) is 11.2 Å². The van der Waals surface area contributed by atoms with Gasteiger partial charge in [-0.15, -0.1) is 11.3 Å². The number of aryl methyl sites for hydroxylation is 1. The quantitative estimate of drug-likeness (QED) is 0.873. The Morgan fingerprint density at radius 3 is 2.94 bits per heavy atom. The van der Waals surface area contributed by atoms with Gasteiger partial charge >= 0.3 is 0 Å². The number of hydrogen-bond acceptors (Lipinski definition) is 4. The molecule has 0 aliphatic rings. The summed E-state index contributed by atoms with van der Waals surface area (Å²) in [7, 11) is 0. The van der Waals surface area contributed by atoms with Crippen LogP contribution in [0.5, 0.6) is 0 Å². The van der Waals surface area contributed by atoms with Gasteiger partial charge in [0, 0.05) is 4.88 Å². The minimum absolute atomic E-state index is 0.0397. The number of pyridine rings is 1. The number of nitrogens with zero attached hydrogens (tertiary/aromatic N) is 1. The molecule has 2 rings (SSSR count). The van der Waals surface area contributed by atoms with E-state index in [-0.39, 0.29) is 5.91 Å². The Kier molecular flexibility index (Phi) is 3.39. The molecule has 2 aromatic heterocycles. The van der Waals surface area contributed by atoms with E-state index in [1.807, 2.05) is 24.4 Å². The highest BCUT2D eigenvalue weighted by Crippen LogP contribution is 2.15. The van der Waals surface area contributed by atoms with E-state index in [1.54, 1.807) is 23.5 Å². The number of nitrogens with two attached hydrogens (primary N) is 1. The largest absolute Gasteiger partial charge is 0.384 e. The number of aromatic nitrogens is 1. The summed E-state index contributed by atoms with van der Waals surface area (Å²) >= 11 is 1.57. The van der Waals surface area contributed by atoms with Crippen molar-refractivity contribution in [3.05, 3.63) is 40.2 Å². The number of carbonyl (C=O) groups is 1. The number of nitrogens with one attached hydrogen (secondary N) is 1. The number of hydrogen-bond donors (Lipinski definition) is 2. The number of anilines is 2. The SMILES string of the molecule is Cc1nc(N)ccc1NC(=O)Cc1cccs1. The van der Waals surface area contributed by atoms with E-state index in [9.17, 15) is 4.79 Å². The van der Waals surface area contributed by atoms with Crippen LogP contribution in [0, 0.1) is 6.92 Å². The summed E-state index contributed by atoms with van der Waals surface area (Å²) < 4.78 is 0. The summed E-state index contributed by atoms with van der Waals surface area (Å²) in [6.07, 6.45) is 0.390. The van der Waals surface area contributed by atoms with E-state index >= 15 is 0 Å². The molecule has 0 unspecified atom stereocenters. The predicted molar refractivity (Wildman–Crippen MR) is 70.0 cm³/mol. The highest BCUT2D eigenvalue weighted by molar-refractivity contribution is 7.10. The molecule has 17 heavy (non-hydrogen) atoms. The van der Waals surface area contributed by atoms with Gasteiger partial charge in [-0.3, -0.25) is 4.79 Å². The van der Waals surface area contributed by atoms with Crippen LogP contribution in [0.1, 0.15) is 10.6 Å². The third-order valence-corrected chi connectivity index (χ3v) is 3.17. The Balaban J connectivity index is 2.03. The molecule has 88 valence electrons. The monoisotopic (exact) mass is 247 g/mol. The van der Waals surface area contributed by atoms with Gasteiger partial charge in [-0.05, 0) is 30.5 Å². The van der Waals surface area contributed by atoms with Gasteiger partial charge in [-0.25, -0.2) is 4.98 Å². The Hall–Kier alpha value is -1.88. The molecular formula is C12H13N3OS. The maximum Gasteiger partial charge on any atom is 0.229 e. The smallest absolute Gasteiger partial charge is 0.229 e. The van der Waals surface area contributed by atoms with Crippen LogP contribution in [-0.4, -0.2) is 10.9 Å². The Morgan fingerprint density at radius 1 is 1.47 bits per heavy atom. The highest BCUT2D eigenvalue weighted by Gasteiger charge is 2.07. The van der Waals surface area contributed by atoms with Crippen LogP contribution in [0.3, 0.4) is 0 Å². The average molecular weight is 247 g/mol. The molecule has 2 aromatic rings. The first-order chi connectivity index (χ1) is 8.15. The summed E-state index contributed by atoms with van der Waals surface area (Å²) in [6.45, 7) is 1.82. The van der Waals surface area contributed by atoms with Crippen LogP contribution < -0.4 is 11.1 Å². The maximum absolute atomic E-state index is 11.8. The van der Waals surface area contributed by atoms with Crippen molar-refractivity contribution >= 4 is 28.7 Å². The summed E-state index contributed by atoms with van der Waals surface area (Å²) in [5, 5.41) is 4.78. The summed E-state index contributed by atoms with van der Waals surface area (Å²) in [5.74, 6) is 0.417. The molecule has 0 radical (unpaired) electrons. The zero-order valence-corrected chi connectivity index (χ0v) is 10.3. The summed E-state index contributed by atoms with van der Waals surface area (Å²) in [6, 6.07) is 7.32. The molecule has 1 amide bonds. The van der Waals surface area contributed by atoms with Gasteiger partial charge < -0.3 is 11.1 Å². The molecule has 0 saturated carbocycles. The lowest BCUT2D eigenvalue weighted by molar-refractivity contribution is -0.115. The van der Waals surface area contributed by atoms with Gasteiger partial charge in [0.1, 0.15) is 5.82 Å². The second-order valence-corrected chi connectivity index (χ2v) is 4.71. The van der Waals surface area contributed by atoms with Crippen molar-refractivity contribution in [2.24, 2.45) is 0 Å². The van der Waals surface area contributed by atoms with Crippen molar-refractivity contribution in [1.82, 2.24) is 4.98 Å². The van der Waals surface area contributed by atoms with Gasteiger partial charge in [0.05, 0.1) is 17.8 Å². The van der Waals surface area contributed by atoms with Crippen molar-refractivity contribution < 1.29 is 4.79 Å². The first-order valence-corrected chi connectivity index (χ1v) is 6.08. The van der Waals surface area contributed by atoms with Crippen LogP contribution >= 0.6 is 11.3 Å². The average Bonchev–Trinajstić information content (AvgIpc) is 2.75. The van der Waals surface area contributed by atoms with Gasteiger partial charge in [0.15, 0.2) is 0 Å². The molecule has 2 heterocycles. The Bertz CT molecular complexity index is 523. The fraction of sp³-hybridized carbons (Fsp3) is 0.167. The van der Waals surface area contributed by atoms with Crippen molar-refractivity contribution in [3.8, 4) is 0 Å². The summed E-state index contributed by atoms with van der Waals surface area (Å²) in [4.78, 5) is 16.9. The standard InChI is InChI=1S/C12H13N3OS/c1-8-10(4-5-11(13)14-8)15-12(16)7-9-3-2-6-17-9/h2-6H,7H2,1H3,(H2,13,14)(H,15,16). The Morgan fingerprint density at radius 2 is 2.29 bits per heavy atom. The minimum atomic E-state index is -0.0397. The molecule has 0 aliphatic carbocycles. The second kappa shape index (κ2) is 4.97. The number of thiophene rings is 1. The molecule has 0 bridgehead atoms. The number of amides is 1. The molecule has 0 aliphatic heterocycles. The number of rotatable bonds is 3. The third-order valence-electron chi connectivity index (χ3n) is 2.30. The highest BCUT2D eigenvalue weighted by atomic mass is 32.1. The minimum Gasteiger partial charge on any atom is -0.384 e. The zero-order valence-electron chi connectivity index (χ0n) is 9.43. The van der Waals surface area contributed by atoms with E-state index in [0.717, 1.165) is 10.6 Å². The normalized spacial score (nSPS) is 10.2. The molecule has 0 spiro atoms. The molecule has 0 aromatic carbocycles. The van der Waals surface area contributed by atoms with Crippen molar-refractivity contribution in [1.29, 1.82) is 0 Å². The number of nitrogen functional groups attached to an aromatic ring is 1. The Labute approximate surface area is 103 Å². The van der Waals surface area contributed by atoms with Crippen LogP contribution in [0.25, 0.3) is 0 Å². The fourth-order valence-electron chi connectivity index (χ4n) is 1.48. The molecule has 5 heteroatoms. The predicted octanol–water partition coefficient (Wildman–Crippen LogP) is 2.21. The van der Waals surface area contributed by atoms with Gasteiger partial charge in [-0.1, -0.05) is 6.07 Å². The van der Waals surface area contributed by atoms with E-state index in [1.165, 1.54) is 0 Å². The van der Waals surface area contributed by atoms with E-state index in [0.29, 0.717) is 17.9 Å². The molecule has 4 nitrogen and oxygen atoms in total. The first-order valence-electron chi connectivity index (χ1n) is 5.20. The lowest BCUT2D eigenvalue weighted by Gasteiger charge is -2.07. The third kappa shape index (κ3) is 3.04. The molecular weight excluding hydrogens is 234 g/mol. The maximum atomic E-state index is 11.8. The van der Waals surface area contributed by atoms with E-state index in [4.69, 9.17) is 5.73 Å². The van der Waals surface area contributed by atoms with Crippen molar-refractivity contribution in [2.45, 2.75) is 13.3 Å². The van der Waals surface area contributed by atoms with Crippen LogP contribution in [0.15, 0.2) is 29.6 Å². The van der Waals surface area contributed by atoms with Gasteiger partial charge in [0.25, 0.3) is 0 Å².